The highest BCUT2D eigenvalue weighted by Gasteiger charge is 2.05. The van der Waals surface area contributed by atoms with E-state index >= 15 is 0 Å². The lowest BCUT2D eigenvalue weighted by atomic mass is 10.3. The monoisotopic (exact) mass is 268 g/mol. The molecule has 0 spiro atoms. The highest BCUT2D eigenvalue weighted by molar-refractivity contribution is 5.91. The molecule has 2 N–H and O–H groups in total. The molecule has 0 atom stereocenters. The largest absolute Gasteiger partial charge is 0.372 e. The number of carbonyl (C=O) groups is 1. The maximum absolute atomic E-state index is 13.3. The second kappa shape index (κ2) is 8.61. The number of nitrogens with one attached hydrogen (secondary N) is 2. The molecule has 0 aromatic heterocycles. The van der Waals surface area contributed by atoms with Crippen LogP contribution in [-0.4, -0.2) is 31.7 Å². The fourth-order valence-corrected chi connectivity index (χ4v) is 1.48. The minimum atomic E-state index is -0.447. The van der Waals surface area contributed by atoms with Crippen molar-refractivity contribution in [3.63, 3.8) is 0 Å². The summed E-state index contributed by atoms with van der Waals surface area (Å²) in [7, 11) is 0. The highest BCUT2D eigenvalue weighted by atomic mass is 19.1. The summed E-state index contributed by atoms with van der Waals surface area (Å²) in [6.45, 7) is 5.44. The fraction of sp³-hybridized carbons (Fsp3) is 0.500. The van der Waals surface area contributed by atoms with Crippen LogP contribution in [-0.2, 0) is 9.53 Å². The van der Waals surface area contributed by atoms with Gasteiger partial charge in [-0.05, 0) is 25.1 Å². The Morgan fingerprint density at radius 3 is 2.79 bits per heavy atom. The van der Waals surface area contributed by atoms with Gasteiger partial charge in [-0.2, -0.15) is 0 Å². The van der Waals surface area contributed by atoms with Gasteiger partial charge in [0.2, 0.25) is 5.91 Å². The zero-order valence-electron chi connectivity index (χ0n) is 11.4. The Morgan fingerprint density at radius 1 is 1.37 bits per heavy atom. The molecule has 0 saturated carbocycles. The minimum absolute atomic E-state index is 0.0595. The molecular weight excluding hydrogens is 247 g/mol. The molecule has 0 heterocycles. The van der Waals surface area contributed by atoms with Crippen molar-refractivity contribution in [3.8, 4) is 0 Å². The Bertz CT molecular complexity index is 397. The van der Waals surface area contributed by atoms with Crippen LogP contribution in [0.1, 0.15) is 20.3 Å². The topological polar surface area (TPSA) is 50.4 Å². The van der Waals surface area contributed by atoms with Gasteiger partial charge in [0.1, 0.15) is 12.4 Å². The lowest BCUT2D eigenvalue weighted by molar-refractivity contribution is -0.120. The molecular formula is C14H21FN2O2. The first-order valence-corrected chi connectivity index (χ1v) is 6.45. The van der Waals surface area contributed by atoms with Crippen LogP contribution in [0.3, 0.4) is 0 Å². The lowest BCUT2D eigenvalue weighted by Gasteiger charge is -2.09. The molecule has 0 bridgehead atoms. The van der Waals surface area contributed by atoms with Gasteiger partial charge in [-0.15, -0.1) is 0 Å². The predicted octanol–water partition coefficient (Wildman–Crippen LogP) is 2.17. The molecule has 5 heteroatoms. The molecule has 106 valence electrons. The molecule has 0 unspecified atom stereocenters. The van der Waals surface area contributed by atoms with E-state index in [-0.39, 0.29) is 18.2 Å². The van der Waals surface area contributed by atoms with Crippen molar-refractivity contribution in [3.05, 3.63) is 30.1 Å². The maximum Gasteiger partial charge on any atom is 0.250 e. The Balaban J connectivity index is 2.13. The van der Waals surface area contributed by atoms with E-state index in [0.717, 1.165) is 13.0 Å². The number of para-hydroxylation sites is 1. The first-order chi connectivity index (χ1) is 9.09. The molecule has 19 heavy (non-hydrogen) atoms. The van der Waals surface area contributed by atoms with Crippen molar-refractivity contribution in [1.82, 2.24) is 5.32 Å². The third-order valence-electron chi connectivity index (χ3n) is 2.40. The second-order valence-electron chi connectivity index (χ2n) is 4.54. The number of anilines is 1. The van der Waals surface area contributed by atoms with Crippen molar-refractivity contribution in [2.75, 3.05) is 25.1 Å². The molecule has 0 radical (unpaired) electrons. The van der Waals surface area contributed by atoms with Gasteiger partial charge in [-0.3, -0.25) is 4.79 Å². The van der Waals surface area contributed by atoms with Crippen LogP contribution in [0.4, 0.5) is 10.1 Å². The minimum Gasteiger partial charge on any atom is -0.372 e. The SMILES string of the molecule is CC(C)NCCCOCC(=O)Nc1ccccc1F. The number of halogens is 1. The summed E-state index contributed by atoms with van der Waals surface area (Å²) in [5, 5.41) is 5.72. The highest BCUT2D eigenvalue weighted by Crippen LogP contribution is 2.11. The number of hydrogen-bond donors (Lipinski definition) is 2. The molecule has 0 fully saturated rings. The second-order valence-corrected chi connectivity index (χ2v) is 4.54. The van der Waals surface area contributed by atoms with E-state index in [0.29, 0.717) is 12.6 Å². The number of benzene rings is 1. The van der Waals surface area contributed by atoms with E-state index < -0.39 is 5.82 Å². The molecule has 0 aliphatic heterocycles. The van der Waals surface area contributed by atoms with Crippen molar-refractivity contribution in [2.45, 2.75) is 26.3 Å². The number of ether oxygens (including phenoxy) is 1. The average Bonchev–Trinajstić information content (AvgIpc) is 2.36. The van der Waals surface area contributed by atoms with E-state index in [1.165, 1.54) is 12.1 Å². The van der Waals surface area contributed by atoms with Crippen LogP contribution in [0, 0.1) is 5.82 Å². The summed E-state index contributed by atoms with van der Waals surface area (Å²) < 4.78 is 18.5. The number of rotatable bonds is 8. The third kappa shape index (κ3) is 6.88. The molecule has 1 aromatic rings. The van der Waals surface area contributed by atoms with Crippen molar-refractivity contribution in [1.29, 1.82) is 0 Å². The summed E-state index contributed by atoms with van der Waals surface area (Å²) in [5.74, 6) is -0.793. The molecule has 1 amide bonds. The van der Waals surface area contributed by atoms with Crippen molar-refractivity contribution >= 4 is 11.6 Å². The summed E-state index contributed by atoms with van der Waals surface area (Å²) in [5.41, 5.74) is 0.178. The number of amides is 1. The van der Waals surface area contributed by atoms with Crippen LogP contribution in [0.25, 0.3) is 0 Å². The first kappa shape index (κ1) is 15.6. The number of hydrogen-bond acceptors (Lipinski definition) is 3. The standard InChI is InChI=1S/C14H21FN2O2/c1-11(2)16-8-5-9-19-10-14(18)17-13-7-4-3-6-12(13)15/h3-4,6-7,11,16H,5,8-10H2,1-2H3,(H,17,18). The molecule has 1 aromatic carbocycles. The van der Waals surface area contributed by atoms with E-state index in [1.54, 1.807) is 12.1 Å². The quantitative estimate of drug-likeness (QED) is 0.710. The van der Waals surface area contributed by atoms with E-state index in [1.807, 2.05) is 0 Å². The average molecular weight is 268 g/mol. The van der Waals surface area contributed by atoms with Crippen LogP contribution in [0.2, 0.25) is 0 Å². The van der Waals surface area contributed by atoms with Crippen LogP contribution >= 0.6 is 0 Å². The van der Waals surface area contributed by atoms with Gasteiger partial charge in [-0.25, -0.2) is 4.39 Å². The normalized spacial score (nSPS) is 10.7. The Labute approximate surface area is 113 Å². The van der Waals surface area contributed by atoms with Crippen LogP contribution < -0.4 is 10.6 Å². The zero-order valence-corrected chi connectivity index (χ0v) is 11.4. The summed E-state index contributed by atoms with van der Waals surface area (Å²) in [6, 6.07) is 6.50. The van der Waals surface area contributed by atoms with Gasteiger partial charge < -0.3 is 15.4 Å². The third-order valence-corrected chi connectivity index (χ3v) is 2.40. The Morgan fingerprint density at radius 2 is 2.11 bits per heavy atom. The Hall–Kier alpha value is -1.46. The van der Waals surface area contributed by atoms with E-state index in [4.69, 9.17) is 4.74 Å². The van der Waals surface area contributed by atoms with Gasteiger partial charge in [0, 0.05) is 12.6 Å². The first-order valence-electron chi connectivity index (χ1n) is 6.45. The van der Waals surface area contributed by atoms with Gasteiger partial charge >= 0.3 is 0 Å². The van der Waals surface area contributed by atoms with Gasteiger partial charge in [0.25, 0.3) is 0 Å². The van der Waals surface area contributed by atoms with Gasteiger partial charge in [-0.1, -0.05) is 26.0 Å². The molecule has 0 aliphatic rings. The predicted molar refractivity (Wildman–Crippen MR) is 73.6 cm³/mol. The summed E-state index contributed by atoms with van der Waals surface area (Å²) in [6.07, 6.45) is 0.838. The lowest BCUT2D eigenvalue weighted by Crippen LogP contribution is -2.25. The van der Waals surface area contributed by atoms with Crippen molar-refractivity contribution < 1.29 is 13.9 Å². The van der Waals surface area contributed by atoms with E-state index in [9.17, 15) is 9.18 Å². The molecule has 0 saturated heterocycles. The van der Waals surface area contributed by atoms with Crippen LogP contribution in [0.5, 0.6) is 0 Å². The Kier molecular flexibility index (Phi) is 7.07. The fourth-order valence-electron chi connectivity index (χ4n) is 1.48. The summed E-state index contributed by atoms with van der Waals surface area (Å²) >= 11 is 0. The number of carbonyl (C=O) groups excluding carboxylic acids is 1. The molecule has 1 rings (SSSR count). The smallest absolute Gasteiger partial charge is 0.250 e. The molecule has 4 nitrogen and oxygen atoms in total. The zero-order chi connectivity index (χ0) is 14.1. The van der Waals surface area contributed by atoms with Crippen LogP contribution in [0.15, 0.2) is 24.3 Å². The maximum atomic E-state index is 13.3. The van der Waals surface area contributed by atoms with E-state index in [2.05, 4.69) is 24.5 Å². The van der Waals surface area contributed by atoms with Gasteiger partial charge in [0.15, 0.2) is 0 Å². The molecule has 0 aliphatic carbocycles. The van der Waals surface area contributed by atoms with Crippen molar-refractivity contribution in [2.24, 2.45) is 0 Å². The summed E-state index contributed by atoms with van der Waals surface area (Å²) in [4.78, 5) is 11.5. The van der Waals surface area contributed by atoms with Gasteiger partial charge in [0.05, 0.1) is 5.69 Å².